The molecule has 5 heteroatoms. The van der Waals surface area contributed by atoms with Crippen LogP contribution in [0.15, 0.2) is 10.8 Å². The van der Waals surface area contributed by atoms with Crippen molar-refractivity contribution in [3.8, 4) is 0 Å². The smallest absolute Gasteiger partial charge is 0.170 e. The van der Waals surface area contributed by atoms with E-state index in [4.69, 9.17) is 11.6 Å². The number of carbonyl (C=O) groups excluding carboxylic acids is 1. The van der Waals surface area contributed by atoms with E-state index in [1.807, 2.05) is 0 Å². The number of rotatable bonds is 1. The molecule has 0 aromatic carbocycles. The topological polar surface area (TPSA) is 42.9 Å². The molecule has 0 atom stereocenters. The molecular formula is C5H2BrClN2O. The van der Waals surface area contributed by atoms with Crippen molar-refractivity contribution in [3.05, 3.63) is 21.6 Å². The quantitative estimate of drug-likeness (QED) is 0.678. The van der Waals surface area contributed by atoms with Crippen LogP contribution in [0.5, 0.6) is 0 Å². The first-order valence-electron chi connectivity index (χ1n) is 2.37. The van der Waals surface area contributed by atoms with Crippen LogP contribution in [0, 0.1) is 0 Å². The Labute approximate surface area is 70.6 Å². The van der Waals surface area contributed by atoms with Crippen LogP contribution >= 0.6 is 27.5 Å². The molecule has 3 nitrogen and oxygen atoms in total. The molecule has 52 valence electrons. The molecular weight excluding hydrogens is 219 g/mol. The van der Waals surface area contributed by atoms with E-state index in [1.54, 1.807) is 0 Å². The maximum atomic E-state index is 10.1. The second-order valence-electron chi connectivity index (χ2n) is 1.49. The third kappa shape index (κ3) is 1.52. The Morgan fingerprint density at radius 1 is 1.70 bits per heavy atom. The number of hydrogen-bond donors (Lipinski definition) is 0. The number of aromatic nitrogens is 2. The number of nitrogens with zero attached hydrogens (tertiary/aromatic N) is 2. The lowest BCUT2D eigenvalue weighted by atomic mass is 10.5. The van der Waals surface area contributed by atoms with E-state index in [2.05, 4.69) is 25.9 Å². The zero-order valence-electron chi connectivity index (χ0n) is 4.71. The SMILES string of the molecule is O=Cc1cnc(Cl)c(Br)n1. The summed E-state index contributed by atoms with van der Waals surface area (Å²) in [5, 5.41) is 0.255. The molecule has 0 N–H and O–H groups in total. The number of halogens is 2. The molecule has 0 spiro atoms. The van der Waals surface area contributed by atoms with Gasteiger partial charge in [0.25, 0.3) is 0 Å². The molecule has 1 heterocycles. The van der Waals surface area contributed by atoms with Crippen molar-refractivity contribution in [1.29, 1.82) is 0 Å². The van der Waals surface area contributed by atoms with Crippen LogP contribution in [-0.4, -0.2) is 16.3 Å². The molecule has 0 fully saturated rings. The average molecular weight is 221 g/mol. The van der Waals surface area contributed by atoms with Gasteiger partial charge in [-0.1, -0.05) is 11.6 Å². The number of hydrogen-bond acceptors (Lipinski definition) is 3. The summed E-state index contributed by atoms with van der Waals surface area (Å²) in [7, 11) is 0. The predicted molar refractivity (Wildman–Crippen MR) is 40.1 cm³/mol. The highest BCUT2D eigenvalue weighted by Crippen LogP contribution is 2.15. The fourth-order valence-corrected chi connectivity index (χ4v) is 0.819. The monoisotopic (exact) mass is 220 g/mol. The molecule has 1 aromatic rings. The van der Waals surface area contributed by atoms with Crippen LogP contribution in [0.25, 0.3) is 0 Å². The van der Waals surface area contributed by atoms with E-state index in [0.717, 1.165) is 0 Å². The van der Waals surface area contributed by atoms with Crippen molar-refractivity contribution in [2.75, 3.05) is 0 Å². The minimum absolute atomic E-state index is 0.255. The van der Waals surface area contributed by atoms with E-state index < -0.39 is 0 Å². The van der Waals surface area contributed by atoms with Crippen molar-refractivity contribution in [3.63, 3.8) is 0 Å². The van der Waals surface area contributed by atoms with Gasteiger partial charge in [-0.3, -0.25) is 4.79 Å². The summed E-state index contributed by atoms with van der Waals surface area (Å²) in [5.41, 5.74) is 0.260. The van der Waals surface area contributed by atoms with Crippen molar-refractivity contribution >= 4 is 33.8 Å². The third-order valence-electron chi connectivity index (χ3n) is 0.828. The third-order valence-corrected chi connectivity index (χ3v) is 1.89. The van der Waals surface area contributed by atoms with Gasteiger partial charge in [0.1, 0.15) is 10.3 Å². The standard InChI is InChI=1S/C5H2BrClN2O/c6-4-5(7)8-1-3(2-10)9-4/h1-2H. The molecule has 0 aliphatic heterocycles. The van der Waals surface area contributed by atoms with Crippen LogP contribution in [0.1, 0.15) is 10.5 Å². The van der Waals surface area contributed by atoms with E-state index in [-0.39, 0.29) is 10.8 Å². The summed E-state index contributed by atoms with van der Waals surface area (Å²) in [5.74, 6) is 0. The van der Waals surface area contributed by atoms with Crippen LogP contribution in [0.4, 0.5) is 0 Å². The van der Waals surface area contributed by atoms with Crippen molar-refractivity contribution in [2.24, 2.45) is 0 Å². The van der Waals surface area contributed by atoms with Gasteiger partial charge in [0, 0.05) is 0 Å². The Morgan fingerprint density at radius 3 is 2.90 bits per heavy atom. The summed E-state index contributed by atoms with van der Waals surface area (Å²) in [6.07, 6.45) is 1.91. The predicted octanol–water partition coefficient (Wildman–Crippen LogP) is 1.71. The molecule has 0 aliphatic rings. The highest BCUT2D eigenvalue weighted by Gasteiger charge is 1.99. The van der Waals surface area contributed by atoms with Gasteiger partial charge in [0.15, 0.2) is 11.4 Å². The minimum Gasteiger partial charge on any atom is -0.296 e. The van der Waals surface area contributed by atoms with Crippen molar-refractivity contribution in [1.82, 2.24) is 9.97 Å². The summed E-state index contributed by atoms with van der Waals surface area (Å²) in [4.78, 5) is 17.5. The van der Waals surface area contributed by atoms with Gasteiger partial charge in [-0.25, -0.2) is 9.97 Å². The molecule has 0 radical (unpaired) electrons. The van der Waals surface area contributed by atoms with Crippen LogP contribution < -0.4 is 0 Å². The van der Waals surface area contributed by atoms with Crippen LogP contribution in [-0.2, 0) is 0 Å². The summed E-state index contributed by atoms with van der Waals surface area (Å²) in [6.45, 7) is 0. The van der Waals surface area contributed by atoms with Gasteiger partial charge < -0.3 is 0 Å². The Balaban J connectivity index is 3.16. The van der Waals surface area contributed by atoms with Gasteiger partial charge in [-0.05, 0) is 15.9 Å². The van der Waals surface area contributed by atoms with Crippen molar-refractivity contribution in [2.45, 2.75) is 0 Å². The maximum absolute atomic E-state index is 10.1. The molecule has 1 rings (SSSR count). The molecule has 10 heavy (non-hydrogen) atoms. The highest BCUT2D eigenvalue weighted by atomic mass is 79.9. The Bertz CT molecular complexity index is 266. The average Bonchev–Trinajstić information content (AvgIpc) is 1.95. The normalized spacial score (nSPS) is 9.40. The highest BCUT2D eigenvalue weighted by molar-refractivity contribution is 9.10. The largest absolute Gasteiger partial charge is 0.296 e. The first-order valence-corrected chi connectivity index (χ1v) is 3.54. The number of carbonyl (C=O) groups is 1. The summed E-state index contributed by atoms with van der Waals surface area (Å²) < 4.78 is 0.388. The van der Waals surface area contributed by atoms with E-state index in [9.17, 15) is 4.79 Å². The second-order valence-corrected chi connectivity index (χ2v) is 2.60. The Kier molecular flexibility index (Phi) is 2.34. The summed E-state index contributed by atoms with van der Waals surface area (Å²) in [6, 6.07) is 0. The maximum Gasteiger partial charge on any atom is 0.170 e. The Hall–Kier alpha value is -0.480. The van der Waals surface area contributed by atoms with Crippen LogP contribution in [0.2, 0.25) is 5.15 Å². The first kappa shape index (κ1) is 7.63. The van der Waals surface area contributed by atoms with E-state index >= 15 is 0 Å². The minimum atomic E-state index is 0.255. The first-order chi connectivity index (χ1) is 4.74. The van der Waals surface area contributed by atoms with Crippen molar-refractivity contribution < 1.29 is 4.79 Å². The lowest BCUT2D eigenvalue weighted by Crippen LogP contribution is -1.89. The number of aldehydes is 1. The zero-order valence-corrected chi connectivity index (χ0v) is 7.06. The van der Waals surface area contributed by atoms with Gasteiger partial charge in [-0.15, -0.1) is 0 Å². The summed E-state index contributed by atoms with van der Waals surface area (Å²) >= 11 is 8.52. The molecule has 1 aromatic heterocycles. The molecule has 0 aliphatic carbocycles. The fraction of sp³-hybridized carbons (Fsp3) is 0. The molecule has 0 unspecified atom stereocenters. The lowest BCUT2D eigenvalue weighted by Gasteiger charge is -1.92. The van der Waals surface area contributed by atoms with Gasteiger partial charge in [0.2, 0.25) is 0 Å². The Morgan fingerprint density at radius 2 is 2.40 bits per heavy atom. The van der Waals surface area contributed by atoms with Gasteiger partial charge >= 0.3 is 0 Å². The molecule has 0 saturated carbocycles. The molecule has 0 saturated heterocycles. The lowest BCUT2D eigenvalue weighted by molar-refractivity contribution is 0.111. The fourth-order valence-electron chi connectivity index (χ4n) is 0.421. The molecule has 0 bridgehead atoms. The zero-order chi connectivity index (χ0) is 7.56. The van der Waals surface area contributed by atoms with E-state index in [0.29, 0.717) is 10.9 Å². The van der Waals surface area contributed by atoms with E-state index in [1.165, 1.54) is 6.20 Å². The molecule has 0 amide bonds. The van der Waals surface area contributed by atoms with Gasteiger partial charge in [-0.2, -0.15) is 0 Å². The van der Waals surface area contributed by atoms with Gasteiger partial charge in [0.05, 0.1) is 6.20 Å². The van der Waals surface area contributed by atoms with Crippen LogP contribution in [0.3, 0.4) is 0 Å². The second kappa shape index (κ2) is 3.07.